The first-order chi connectivity index (χ1) is 14.7. The van der Waals surface area contributed by atoms with Gasteiger partial charge in [0.2, 0.25) is 5.95 Å². The predicted molar refractivity (Wildman–Crippen MR) is 121 cm³/mol. The van der Waals surface area contributed by atoms with E-state index in [1.165, 1.54) is 0 Å². The molecule has 0 N–H and O–H groups in total. The van der Waals surface area contributed by atoms with Crippen LogP contribution < -0.4 is 19.3 Å². The second-order valence-electron chi connectivity index (χ2n) is 7.17. The van der Waals surface area contributed by atoms with Crippen LogP contribution in [0.5, 0.6) is 11.5 Å². The molecule has 1 fully saturated rings. The first kappa shape index (κ1) is 19.0. The van der Waals surface area contributed by atoms with E-state index < -0.39 is 0 Å². The fraction of sp³-hybridized carbons (Fsp3) is 0.273. The molecule has 2 aromatic carbocycles. The van der Waals surface area contributed by atoms with Crippen molar-refractivity contribution in [2.75, 3.05) is 50.2 Å². The Kier molecular flexibility index (Phi) is 4.86. The number of piperazine rings is 1. The predicted octanol–water partition coefficient (Wildman–Crippen LogP) is 4.48. The zero-order chi connectivity index (χ0) is 20.7. The monoisotopic (exact) mass is 468 g/mol. The number of hydrogen-bond acceptors (Lipinski definition) is 7. The molecule has 154 valence electrons. The van der Waals surface area contributed by atoms with E-state index in [0.29, 0.717) is 5.75 Å². The second-order valence-corrected chi connectivity index (χ2v) is 8.08. The summed E-state index contributed by atoms with van der Waals surface area (Å²) < 4.78 is 17.9. The van der Waals surface area contributed by atoms with Crippen molar-refractivity contribution in [3.63, 3.8) is 0 Å². The molecule has 8 heteroatoms. The number of nitrogens with zero attached hydrogens (tertiary/aromatic N) is 4. The van der Waals surface area contributed by atoms with Gasteiger partial charge in [-0.3, -0.25) is 0 Å². The largest absolute Gasteiger partial charge is 0.493 e. The van der Waals surface area contributed by atoms with Crippen molar-refractivity contribution in [2.45, 2.75) is 0 Å². The van der Waals surface area contributed by atoms with E-state index in [1.54, 1.807) is 32.9 Å². The average Bonchev–Trinajstić information content (AvgIpc) is 3.25. The summed E-state index contributed by atoms with van der Waals surface area (Å²) in [5.41, 5.74) is 1.98. The van der Waals surface area contributed by atoms with Crippen LogP contribution in [0.15, 0.2) is 51.8 Å². The van der Waals surface area contributed by atoms with Crippen LogP contribution in [0.4, 0.5) is 11.6 Å². The summed E-state index contributed by atoms with van der Waals surface area (Å²) in [5, 5.41) is 3.25. The smallest absolute Gasteiger partial charge is 0.225 e. The Labute approximate surface area is 182 Å². The van der Waals surface area contributed by atoms with Crippen molar-refractivity contribution in [3.05, 3.63) is 47.4 Å². The number of anilines is 2. The summed E-state index contributed by atoms with van der Waals surface area (Å²) in [6, 6.07) is 8.19. The number of furan rings is 1. The van der Waals surface area contributed by atoms with Crippen molar-refractivity contribution in [2.24, 2.45) is 0 Å². The standard InChI is InChI=1S/C22H21BrN4O3/c1-28-18-10-15-9-14-3-8-30-21(14)20(17(15)11-19(18)29-2)26-4-6-27(7-5-26)22-24-12-16(23)13-25-22/h3,8-13H,4-7H2,1-2H3. The molecule has 1 aliphatic heterocycles. The molecule has 0 radical (unpaired) electrons. The molecule has 1 aliphatic rings. The van der Waals surface area contributed by atoms with Gasteiger partial charge < -0.3 is 23.7 Å². The molecule has 0 amide bonds. The van der Waals surface area contributed by atoms with Crippen LogP contribution in [-0.2, 0) is 0 Å². The Morgan fingerprint density at radius 1 is 0.900 bits per heavy atom. The van der Waals surface area contributed by atoms with Gasteiger partial charge in [-0.2, -0.15) is 0 Å². The van der Waals surface area contributed by atoms with Gasteiger partial charge in [0.1, 0.15) is 0 Å². The minimum atomic E-state index is 0.707. The summed E-state index contributed by atoms with van der Waals surface area (Å²) in [6.07, 6.45) is 5.31. The molecule has 0 aliphatic carbocycles. The fourth-order valence-corrected chi connectivity index (χ4v) is 4.25. The molecule has 0 unspecified atom stereocenters. The van der Waals surface area contributed by atoms with Crippen LogP contribution in [0, 0.1) is 0 Å². The van der Waals surface area contributed by atoms with Crippen LogP contribution in [-0.4, -0.2) is 50.4 Å². The van der Waals surface area contributed by atoms with E-state index in [1.807, 2.05) is 18.2 Å². The Bertz CT molecular complexity index is 1200. The third-order valence-corrected chi connectivity index (χ3v) is 5.93. The number of ether oxygens (including phenoxy) is 2. The molecule has 2 aromatic heterocycles. The van der Waals surface area contributed by atoms with Crippen molar-refractivity contribution < 1.29 is 13.9 Å². The summed E-state index contributed by atoms with van der Waals surface area (Å²) in [6.45, 7) is 3.33. The zero-order valence-corrected chi connectivity index (χ0v) is 18.3. The minimum Gasteiger partial charge on any atom is -0.493 e. The number of benzene rings is 2. The van der Waals surface area contributed by atoms with Crippen LogP contribution in [0.2, 0.25) is 0 Å². The third-order valence-electron chi connectivity index (χ3n) is 5.52. The van der Waals surface area contributed by atoms with Gasteiger partial charge in [0.25, 0.3) is 0 Å². The van der Waals surface area contributed by atoms with Gasteiger partial charge >= 0.3 is 0 Å². The highest BCUT2D eigenvalue weighted by molar-refractivity contribution is 9.10. The number of aromatic nitrogens is 2. The van der Waals surface area contributed by atoms with Crippen molar-refractivity contribution in [1.82, 2.24) is 9.97 Å². The average molecular weight is 469 g/mol. The van der Waals surface area contributed by atoms with Gasteiger partial charge in [-0.15, -0.1) is 0 Å². The van der Waals surface area contributed by atoms with E-state index in [9.17, 15) is 0 Å². The molecule has 1 saturated heterocycles. The van der Waals surface area contributed by atoms with E-state index in [0.717, 1.165) is 69.8 Å². The van der Waals surface area contributed by atoms with Crippen LogP contribution in [0.1, 0.15) is 0 Å². The Morgan fingerprint density at radius 3 is 2.27 bits per heavy atom. The molecule has 30 heavy (non-hydrogen) atoms. The Morgan fingerprint density at radius 2 is 1.57 bits per heavy atom. The molecule has 7 nitrogen and oxygen atoms in total. The lowest BCUT2D eigenvalue weighted by Crippen LogP contribution is -2.47. The number of hydrogen-bond donors (Lipinski definition) is 0. The lowest BCUT2D eigenvalue weighted by atomic mass is 10.0. The highest BCUT2D eigenvalue weighted by Crippen LogP contribution is 2.41. The lowest BCUT2D eigenvalue weighted by molar-refractivity contribution is 0.356. The van der Waals surface area contributed by atoms with E-state index >= 15 is 0 Å². The van der Waals surface area contributed by atoms with Crippen molar-refractivity contribution in [1.29, 1.82) is 0 Å². The number of halogens is 1. The van der Waals surface area contributed by atoms with Gasteiger partial charge in [0.15, 0.2) is 17.1 Å². The highest BCUT2D eigenvalue weighted by atomic mass is 79.9. The fourth-order valence-electron chi connectivity index (χ4n) is 4.05. The van der Waals surface area contributed by atoms with E-state index in [2.05, 4.69) is 41.8 Å². The maximum Gasteiger partial charge on any atom is 0.225 e. The molecule has 4 aromatic rings. The topological polar surface area (TPSA) is 63.9 Å². The molecule has 3 heterocycles. The Balaban J connectivity index is 1.54. The first-order valence-electron chi connectivity index (χ1n) is 9.71. The second kappa shape index (κ2) is 7.68. The van der Waals surface area contributed by atoms with Gasteiger partial charge in [0.05, 0.1) is 30.6 Å². The molecule has 5 rings (SSSR count). The van der Waals surface area contributed by atoms with Gasteiger partial charge in [-0.25, -0.2) is 9.97 Å². The normalized spacial score (nSPS) is 14.5. The molecular formula is C22H21BrN4O3. The lowest BCUT2D eigenvalue weighted by Gasteiger charge is -2.36. The van der Waals surface area contributed by atoms with Crippen molar-refractivity contribution >= 4 is 49.3 Å². The Hall–Kier alpha value is -3.00. The van der Waals surface area contributed by atoms with Crippen molar-refractivity contribution in [3.8, 4) is 11.5 Å². The molecule has 0 atom stereocenters. The third kappa shape index (κ3) is 3.21. The minimum absolute atomic E-state index is 0.707. The number of methoxy groups -OCH3 is 2. The zero-order valence-electron chi connectivity index (χ0n) is 16.8. The maximum absolute atomic E-state index is 5.91. The van der Waals surface area contributed by atoms with E-state index in [-0.39, 0.29) is 0 Å². The molecule has 0 saturated carbocycles. The number of rotatable bonds is 4. The highest BCUT2D eigenvalue weighted by Gasteiger charge is 2.24. The summed E-state index contributed by atoms with van der Waals surface area (Å²) in [4.78, 5) is 13.4. The van der Waals surface area contributed by atoms with Gasteiger partial charge in [0, 0.05) is 49.3 Å². The quantitative estimate of drug-likeness (QED) is 0.437. The van der Waals surface area contributed by atoms with Gasteiger partial charge in [-0.1, -0.05) is 0 Å². The van der Waals surface area contributed by atoms with Crippen LogP contribution in [0.25, 0.3) is 21.7 Å². The molecule has 0 bridgehead atoms. The van der Waals surface area contributed by atoms with E-state index in [4.69, 9.17) is 13.9 Å². The number of fused-ring (bicyclic) bond motifs is 2. The van der Waals surface area contributed by atoms with Crippen LogP contribution >= 0.6 is 15.9 Å². The molecular weight excluding hydrogens is 448 g/mol. The first-order valence-corrected chi connectivity index (χ1v) is 10.5. The summed E-state index contributed by atoms with van der Waals surface area (Å²) in [5.74, 6) is 2.18. The SMILES string of the molecule is COc1cc2cc3ccoc3c(N3CCN(c4ncc(Br)cn4)CC3)c2cc1OC. The summed E-state index contributed by atoms with van der Waals surface area (Å²) >= 11 is 3.39. The van der Waals surface area contributed by atoms with Crippen LogP contribution in [0.3, 0.4) is 0 Å². The molecule has 0 spiro atoms. The summed E-state index contributed by atoms with van der Waals surface area (Å²) in [7, 11) is 3.32. The van der Waals surface area contributed by atoms with Gasteiger partial charge in [-0.05, 0) is 45.6 Å². The maximum atomic E-state index is 5.91.